The summed E-state index contributed by atoms with van der Waals surface area (Å²) in [5, 5.41) is 6.48. The molecule has 2 heterocycles. The number of ether oxygens (including phenoxy) is 3. The zero-order chi connectivity index (χ0) is 24.7. The van der Waals surface area contributed by atoms with Gasteiger partial charge in [-0.1, -0.05) is 17.7 Å². The fourth-order valence-electron chi connectivity index (χ4n) is 4.64. The van der Waals surface area contributed by atoms with E-state index in [9.17, 15) is 9.59 Å². The number of benzene rings is 3. The van der Waals surface area contributed by atoms with Crippen LogP contribution in [0.3, 0.4) is 0 Å². The maximum atomic E-state index is 13.2. The maximum absolute atomic E-state index is 13.2. The monoisotopic (exact) mass is 493 g/mol. The Hall–Kier alpha value is -3.91. The summed E-state index contributed by atoms with van der Waals surface area (Å²) < 4.78 is 16.9. The molecule has 1 saturated heterocycles. The lowest BCUT2D eigenvalue weighted by molar-refractivity contribution is 0.0378. The van der Waals surface area contributed by atoms with E-state index in [1.807, 2.05) is 19.1 Å². The number of rotatable bonds is 5. The van der Waals surface area contributed by atoms with Crippen molar-refractivity contribution >= 4 is 34.9 Å². The SMILES string of the molecule is COc1ccc(NC(=O)c2cccc(N3C(=O)N[C@H]4C[C@@]3(C)Oc3ccc(Cl)cc34)c2)cc1OC. The Balaban J connectivity index is 1.42. The smallest absolute Gasteiger partial charge is 0.325 e. The molecule has 9 heteroatoms. The number of halogens is 1. The molecular weight excluding hydrogens is 470 g/mol. The molecule has 3 aromatic rings. The number of hydrogen-bond acceptors (Lipinski definition) is 5. The van der Waals surface area contributed by atoms with Crippen LogP contribution in [0.15, 0.2) is 60.7 Å². The Labute approximate surface area is 207 Å². The van der Waals surface area contributed by atoms with Gasteiger partial charge in [-0.3, -0.25) is 9.69 Å². The molecule has 2 atom stereocenters. The first-order chi connectivity index (χ1) is 16.8. The van der Waals surface area contributed by atoms with Crippen molar-refractivity contribution in [2.24, 2.45) is 0 Å². The summed E-state index contributed by atoms with van der Waals surface area (Å²) in [4.78, 5) is 27.8. The molecule has 0 saturated carbocycles. The first kappa shape index (κ1) is 22.9. The quantitative estimate of drug-likeness (QED) is 0.498. The van der Waals surface area contributed by atoms with Crippen molar-refractivity contribution in [3.63, 3.8) is 0 Å². The lowest BCUT2D eigenvalue weighted by atomic mass is 9.90. The number of urea groups is 1. The molecule has 2 N–H and O–H groups in total. The average Bonchev–Trinajstić information content (AvgIpc) is 2.84. The van der Waals surface area contributed by atoms with Crippen molar-refractivity contribution in [1.29, 1.82) is 0 Å². The van der Waals surface area contributed by atoms with Crippen LogP contribution in [0.4, 0.5) is 16.2 Å². The minimum atomic E-state index is -0.938. The highest BCUT2D eigenvalue weighted by molar-refractivity contribution is 6.30. The normalized spacial score (nSPS) is 20.3. The zero-order valence-corrected chi connectivity index (χ0v) is 20.2. The number of fused-ring (bicyclic) bond motifs is 4. The van der Waals surface area contributed by atoms with E-state index < -0.39 is 5.72 Å². The van der Waals surface area contributed by atoms with E-state index in [1.54, 1.807) is 60.5 Å². The summed E-state index contributed by atoms with van der Waals surface area (Å²) in [5.41, 5.74) is 1.40. The van der Waals surface area contributed by atoms with Crippen molar-refractivity contribution in [3.05, 3.63) is 76.8 Å². The van der Waals surface area contributed by atoms with Gasteiger partial charge in [0.05, 0.1) is 25.9 Å². The first-order valence-corrected chi connectivity index (χ1v) is 11.4. The molecule has 8 nitrogen and oxygen atoms in total. The molecule has 0 aromatic heterocycles. The molecule has 180 valence electrons. The highest BCUT2D eigenvalue weighted by Crippen LogP contribution is 2.46. The number of carbonyl (C=O) groups is 2. The Morgan fingerprint density at radius 1 is 1.11 bits per heavy atom. The third-order valence-electron chi connectivity index (χ3n) is 6.24. The number of anilines is 2. The summed E-state index contributed by atoms with van der Waals surface area (Å²) in [7, 11) is 3.08. The lowest BCUT2D eigenvalue weighted by Gasteiger charge is -2.50. The van der Waals surface area contributed by atoms with Gasteiger partial charge in [-0.05, 0) is 55.5 Å². The van der Waals surface area contributed by atoms with Gasteiger partial charge in [-0.25, -0.2) is 4.79 Å². The lowest BCUT2D eigenvalue weighted by Crippen LogP contribution is -2.65. The number of amides is 3. The van der Waals surface area contributed by atoms with Crippen LogP contribution >= 0.6 is 11.6 Å². The molecule has 2 aliphatic rings. The second kappa shape index (κ2) is 8.70. The van der Waals surface area contributed by atoms with Crippen molar-refractivity contribution < 1.29 is 23.8 Å². The highest BCUT2D eigenvalue weighted by Gasteiger charge is 2.50. The Morgan fingerprint density at radius 2 is 1.91 bits per heavy atom. The third kappa shape index (κ3) is 4.10. The van der Waals surface area contributed by atoms with Crippen LogP contribution in [-0.2, 0) is 0 Å². The van der Waals surface area contributed by atoms with E-state index in [0.29, 0.717) is 45.6 Å². The van der Waals surface area contributed by atoms with Crippen LogP contribution in [0.25, 0.3) is 0 Å². The second-order valence-corrected chi connectivity index (χ2v) is 9.01. The fraction of sp³-hybridized carbons (Fsp3) is 0.231. The molecule has 0 radical (unpaired) electrons. The number of nitrogens with one attached hydrogen (secondary N) is 2. The zero-order valence-electron chi connectivity index (χ0n) is 19.4. The molecule has 3 aromatic carbocycles. The van der Waals surface area contributed by atoms with Crippen molar-refractivity contribution in [3.8, 4) is 17.2 Å². The summed E-state index contributed by atoms with van der Waals surface area (Å²) in [6, 6.07) is 16.8. The average molecular weight is 494 g/mol. The van der Waals surface area contributed by atoms with Crippen LogP contribution in [0.1, 0.15) is 35.3 Å². The van der Waals surface area contributed by atoms with Gasteiger partial charge in [0.25, 0.3) is 5.91 Å². The number of hydrogen-bond donors (Lipinski definition) is 2. The summed E-state index contributed by atoms with van der Waals surface area (Å²) in [6.45, 7) is 1.87. The van der Waals surface area contributed by atoms with Crippen LogP contribution in [0.5, 0.6) is 17.2 Å². The number of methoxy groups -OCH3 is 2. The molecule has 5 rings (SSSR count). The van der Waals surface area contributed by atoms with E-state index >= 15 is 0 Å². The van der Waals surface area contributed by atoms with Crippen LogP contribution in [-0.4, -0.2) is 31.9 Å². The molecule has 0 spiro atoms. The number of carbonyl (C=O) groups excluding carboxylic acids is 2. The fourth-order valence-corrected chi connectivity index (χ4v) is 4.82. The maximum Gasteiger partial charge on any atom is 0.325 e. The van der Waals surface area contributed by atoms with Gasteiger partial charge in [0.2, 0.25) is 0 Å². The van der Waals surface area contributed by atoms with Crippen molar-refractivity contribution in [1.82, 2.24) is 5.32 Å². The van der Waals surface area contributed by atoms with E-state index in [4.69, 9.17) is 25.8 Å². The van der Waals surface area contributed by atoms with Gasteiger partial charge in [-0.2, -0.15) is 0 Å². The second-order valence-electron chi connectivity index (χ2n) is 8.58. The summed E-state index contributed by atoms with van der Waals surface area (Å²) >= 11 is 6.16. The number of nitrogens with zero attached hydrogens (tertiary/aromatic N) is 1. The highest BCUT2D eigenvalue weighted by atomic mass is 35.5. The molecule has 0 unspecified atom stereocenters. The van der Waals surface area contributed by atoms with Gasteiger partial charge in [0.15, 0.2) is 17.2 Å². The van der Waals surface area contributed by atoms with E-state index in [0.717, 1.165) is 5.56 Å². The largest absolute Gasteiger partial charge is 0.493 e. The van der Waals surface area contributed by atoms with Gasteiger partial charge in [0, 0.05) is 34.3 Å². The topological polar surface area (TPSA) is 89.1 Å². The van der Waals surface area contributed by atoms with E-state index in [2.05, 4.69) is 10.6 Å². The molecular formula is C26H24ClN3O5. The molecule has 0 aliphatic carbocycles. The summed E-state index contributed by atoms with van der Waals surface area (Å²) in [6.07, 6.45) is 0.522. The summed E-state index contributed by atoms with van der Waals surface area (Å²) in [5.74, 6) is 1.40. The first-order valence-electron chi connectivity index (χ1n) is 11.0. The Kier molecular flexibility index (Phi) is 5.68. The molecule has 3 amide bonds. The Morgan fingerprint density at radius 3 is 2.69 bits per heavy atom. The Bertz CT molecular complexity index is 1330. The minimum absolute atomic E-state index is 0.220. The molecule has 2 aliphatic heterocycles. The third-order valence-corrected chi connectivity index (χ3v) is 6.48. The van der Waals surface area contributed by atoms with Crippen molar-refractivity contribution in [2.45, 2.75) is 25.1 Å². The predicted molar refractivity (Wildman–Crippen MR) is 133 cm³/mol. The van der Waals surface area contributed by atoms with Crippen LogP contribution < -0.4 is 29.7 Å². The van der Waals surface area contributed by atoms with Gasteiger partial charge < -0.3 is 24.8 Å². The van der Waals surface area contributed by atoms with Crippen LogP contribution in [0.2, 0.25) is 5.02 Å². The molecule has 2 bridgehead atoms. The van der Waals surface area contributed by atoms with Gasteiger partial charge in [0.1, 0.15) is 5.75 Å². The van der Waals surface area contributed by atoms with Crippen molar-refractivity contribution in [2.75, 3.05) is 24.4 Å². The predicted octanol–water partition coefficient (Wildman–Crippen LogP) is 5.38. The molecule has 35 heavy (non-hydrogen) atoms. The molecule has 1 fully saturated rings. The van der Waals surface area contributed by atoms with E-state index in [-0.39, 0.29) is 18.0 Å². The van der Waals surface area contributed by atoms with Crippen LogP contribution in [0, 0.1) is 0 Å². The standard InChI is InChI=1S/C26H24ClN3O5/c1-26-14-20(19-12-16(27)7-9-21(19)35-26)29-25(32)30(26)18-6-4-5-15(11-18)24(31)28-17-8-10-22(33-2)23(13-17)34-3/h4-13,20H,14H2,1-3H3,(H,28,31)(H,29,32)/t20-,26+/m0/s1. The van der Waals surface area contributed by atoms with Gasteiger partial charge >= 0.3 is 6.03 Å². The minimum Gasteiger partial charge on any atom is -0.493 e. The van der Waals surface area contributed by atoms with E-state index in [1.165, 1.54) is 7.11 Å². The van der Waals surface area contributed by atoms with Gasteiger partial charge in [-0.15, -0.1) is 0 Å².